The lowest BCUT2D eigenvalue weighted by molar-refractivity contribution is -0.123. The summed E-state index contributed by atoms with van der Waals surface area (Å²) in [6.45, 7) is 10.1. The van der Waals surface area contributed by atoms with E-state index in [1.165, 1.54) is 0 Å². The van der Waals surface area contributed by atoms with Crippen LogP contribution in [0.25, 0.3) is 0 Å². The number of amides is 1. The highest BCUT2D eigenvalue weighted by Gasteiger charge is 2.34. The summed E-state index contributed by atoms with van der Waals surface area (Å²) in [4.78, 5) is 25.2. The Morgan fingerprint density at radius 3 is 2.47 bits per heavy atom. The second-order valence-electron chi connectivity index (χ2n) is 5.98. The van der Waals surface area contributed by atoms with E-state index < -0.39 is 5.60 Å². The molecule has 0 saturated carbocycles. The number of ether oxygens (including phenoxy) is 1. The minimum atomic E-state index is -0.486. The fourth-order valence-electron chi connectivity index (χ4n) is 2.00. The van der Waals surface area contributed by atoms with Crippen molar-refractivity contribution < 1.29 is 14.3 Å². The maximum atomic E-state index is 12.0. The van der Waals surface area contributed by atoms with E-state index in [0.29, 0.717) is 19.4 Å². The highest BCUT2D eigenvalue weighted by molar-refractivity contribution is 5.82. The van der Waals surface area contributed by atoms with Gasteiger partial charge in [0.1, 0.15) is 11.4 Å². The van der Waals surface area contributed by atoms with Crippen LogP contribution < -0.4 is 0 Å². The molecule has 17 heavy (non-hydrogen) atoms. The van der Waals surface area contributed by atoms with Crippen molar-refractivity contribution in [2.45, 2.75) is 59.1 Å². The molecule has 1 fully saturated rings. The number of piperidine rings is 1. The molecular weight excluding hydrogens is 218 g/mol. The molecule has 0 aliphatic carbocycles. The first-order valence-corrected chi connectivity index (χ1v) is 6.22. The monoisotopic (exact) mass is 241 g/mol. The van der Waals surface area contributed by atoms with Gasteiger partial charge in [0.05, 0.1) is 0 Å². The Labute approximate surface area is 103 Å². The zero-order valence-electron chi connectivity index (χ0n) is 11.4. The molecule has 1 aliphatic rings. The smallest absolute Gasteiger partial charge is 0.410 e. The van der Waals surface area contributed by atoms with E-state index in [1.807, 2.05) is 34.6 Å². The summed E-state index contributed by atoms with van der Waals surface area (Å²) in [6.07, 6.45) is 0.600. The third kappa shape index (κ3) is 4.02. The topological polar surface area (TPSA) is 46.6 Å². The van der Waals surface area contributed by atoms with Gasteiger partial charge in [-0.2, -0.15) is 0 Å². The lowest BCUT2D eigenvalue weighted by atomic mass is 9.92. The highest BCUT2D eigenvalue weighted by atomic mass is 16.6. The first-order chi connectivity index (χ1) is 7.70. The van der Waals surface area contributed by atoms with Crippen LogP contribution in [0.2, 0.25) is 0 Å². The van der Waals surface area contributed by atoms with Crippen molar-refractivity contribution in [3.8, 4) is 0 Å². The zero-order valence-corrected chi connectivity index (χ0v) is 11.4. The molecule has 1 atom stereocenters. The fraction of sp³-hybridized carbons (Fsp3) is 0.846. The van der Waals surface area contributed by atoms with Gasteiger partial charge >= 0.3 is 6.09 Å². The number of carbonyl (C=O) groups excluding carboxylic acids is 2. The van der Waals surface area contributed by atoms with E-state index in [4.69, 9.17) is 4.74 Å². The Balaban J connectivity index is 2.73. The van der Waals surface area contributed by atoms with E-state index in [2.05, 4.69) is 0 Å². The molecule has 0 N–H and O–H groups in total. The van der Waals surface area contributed by atoms with Gasteiger partial charge < -0.3 is 9.64 Å². The Morgan fingerprint density at radius 1 is 1.41 bits per heavy atom. The molecule has 1 amide bonds. The molecule has 0 aromatic carbocycles. The van der Waals surface area contributed by atoms with Crippen molar-refractivity contribution in [3.63, 3.8) is 0 Å². The molecule has 1 aliphatic heterocycles. The SMILES string of the molecule is CC(C)[C@H]1CC(=O)CCN1C(=O)OC(C)(C)C. The van der Waals surface area contributed by atoms with Crippen molar-refractivity contribution in [1.82, 2.24) is 4.90 Å². The third-order valence-electron chi connectivity index (χ3n) is 2.87. The molecule has 0 aromatic heterocycles. The molecule has 0 spiro atoms. The molecule has 0 aromatic rings. The third-order valence-corrected chi connectivity index (χ3v) is 2.87. The van der Waals surface area contributed by atoms with Crippen LogP contribution in [-0.4, -0.2) is 35.0 Å². The number of hydrogen-bond acceptors (Lipinski definition) is 3. The maximum absolute atomic E-state index is 12.0. The first-order valence-electron chi connectivity index (χ1n) is 6.22. The van der Waals surface area contributed by atoms with E-state index in [9.17, 15) is 9.59 Å². The summed E-state index contributed by atoms with van der Waals surface area (Å²) in [7, 11) is 0. The van der Waals surface area contributed by atoms with Crippen LogP contribution in [0.1, 0.15) is 47.5 Å². The molecular formula is C13H23NO3. The normalized spacial score (nSPS) is 21.9. The van der Waals surface area contributed by atoms with E-state index in [0.717, 1.165) is 0 Å². The Morgan fingerprint density at radius 2 is 2.00 bits per heavy atom. The van der Waals surface area contributed by atoms with Gasteiger partial charge in [0.15, 0.2) is 0 Å². The average Bonchev–Trinajstić information content (AvgIpc) is 2.14. The van der Waals surface area contributed by atoms with Crippen LogP contribution in [-0.2, 0) is 9.53 Å². The van der Waals surface area contributed by atoms with Crippen molar-refractivity contribution in [2.75, 3.05) is 6.54 Å². The van der Waals surface area contributed by atoms with Gasteiger partial charge in [0, 0.05) is 25.4 Å². The van der Waals surface area contributed by atoms with E-state index in [-0.39, 0.29) is 23.8 Å². The lowest BCUT2D eigenvalue weighted by Gasteiger charge is -2.38. The summed E-state index contributed by atoms with van der Waals surface area (Å²) in [6, 6.07) is -0.0221. The maximum Gasteiger partial charge on any atom is 0.410 e. The Kier molecular flexibility index (Phi) is 4.17. The summed E-state index contributed by atoms with van der Waals surface area (Å²) in [5.41, 5.74) is -0.486. The summed E-state index contributed by atoms with van der Waals surface area (Å²) in [5.74, 6) is 0.510. The largest absolute Gasteiger partial charge is 0.444 e. The van der Waals surface area contributed by atoms with Gasteiger partial charge in [0.25, 0.3) is 0 Å². The molecule has 98 valence electrons. The first kappa shape index (κ1) is 14.0. The van der Waals surface area contributed by atoms with Crippen LogP contribution >= 0.6 is 0 Å². The number of Topliss-reactive ketones (excluding diaryl/α,β-unsaturated/α-hetero) is 1. The summed E-state index contributed by atoms with van der Waals surface area (Å²) in [5, 5.41) is 0. The molecule has 1 saturated heterocycles. The van der Waals surface area contributed by atoms with Gasteiger partial charge in [-0.25, -0.2) is 4.79 Å². The predicted octanol–water partition coefficient (Wildman–Crippen LogP) is 2.61. The Hall–Kier alpha value is -1.06. The zero-order chi connectivity index (χ0) is 13.2. The predicted molar refractivity (Wildman–Crippen MR) is 65.8 cm³/mol. The van der Waals surface area contributed by atoms with Crippen molar-refractivity contribution in [1.29, 1.82) is 0 Å². The van der Waals surface area contributed by atoms with Gasteiger partial charge in [0.2, 0.25) is 0 Å². The number of likely N-dealkylation sites (tertiary alicyclic amines) is 1. The van der Waals surface area contributed by atoms with Crippen LogP contribution in [0.3, 0.4) is 0 Å². The molecule has 0 unspecified atom stereocenters. The van der Waals surface area contributed by atoms with Crippen LogP contribution in [0.15, 0.2) is 0 Å². The van der Waals surface area contributed by atoms with Crippen molar-refractivity contribution >= 4 is 11.9 Å². The molecule has 1 rings (SSSR count). The van der Waals surface area contributed by atoms with Crippen molar-refractivity contribution in [3.05, 3.63) is 0 Å². The molecule has 0 bridgehead atoms. The summed E-state index contributed by atoms with van der Waals surface area (Å²) < 4.78 is 5.37. The number of carbonyl (C=O) groups is 2. The molecule has 1 heterocycles. The lowest BCUT2D eigenvalue weighted by Crippen LogP contribution is -2.50. The standard InChI is InChI=1S/C13H23NO3/c1-9(2)11-8-10(15)6-7-14(11)12(16)17-13(3,4)5/h9,11H,6-8H2,1-5H3/t11-/m1/s1. The minimum absolute atomic E-state index is 0.0221. The Bertz CT molecular complexity index is 304. The molecule has 4 heteroatoms. The highest BCUT2D eigenvalue weighted by Crippen LogP contribution is 2.23. The molecule has 0 radical (unpaired) electrons. The quantitative estimate of drug-likeness (QED) is 0.709. The number of rotatable bonds is 1. The van der Waals surface area contributed by atoms with Crippen LogP contribution in [0.4, 0.5) is 4.79 Å². The summed E-state index contributed by atoms with van der Waals surface area (Å²) >= 11 is 0. The molecule has 4 nitrogen and oxygen atoms in total. The number of ketones is 1. The van der Waals surface area contributed by atoms with Crippen LogP contribution in [0, 0.1) is 5.92 Å². The van der Waals surface area contributed by atoms with Gasteiger partial charge in [-0.15, -0.1) is 0 Å². The van der Waals surface area contributed by atoms with Crippen LogP contribution in [0.5, 0.6) is 0 Å². The second-order valence-corrected chi connectivity index (χ2v) is 5.98. The van der Waals surface area contributed by atoms with E-state index >= 15 is 0 Å². The van der Waals surface area contributed by atoms with E-state index in [1.54, 1.807) is 4.90 Å². The number of hydrogen-bond donors (Lipinski definition) is 0. The van der Waals surface area contributed by atoms with Gasteiger partial charge in [-0.3, -0.25) is 4.79 Å². The van der Waals surface area contributed by atoms with Gasteiger partial charge in [-0.1, -0.05) is 13.8 Å². The minimum Gasteiger partial charge on any atom is -0.444 e. The fourth-order valence-corrected chi connectivity index (χ4v) is 2.00. The van der Waals surface area contributed by atoms with Gasteiger partial charge in [-0.05, 0) is 26.7 Å². The average molecular weight is 241 g/mol. The number of nitrogens with zero attached hydrogens (tertiary/aromatic N) is 1. The second kappa shape index (κ2) is 5.07. The van der Waals surface area contributed by atoms with Crippen molar-refractivity contribution in [2.24, 2.45) is 5.92 Å².